The van der Waals surface area contributed by atoms with Gasteiger partial charge >= 0.3 is 6.03 Å². The molecule has 0 saturated carbocycles. The highest BCUT2D eigenvalue weighted by atomic mass is 35.5. The molecule has 1 heterocycles. The lowest BCUT2D eigenvalue weighted by molar-refractivity contribution is 0.237. The number of nitrogens with zero attached hydrogens (tertiary/aromatic N) is 1. The van der Waals surface area contributed by atoms with Crippen molar-refractivity contribution in [1.82, 2.24) is 15.6 Å². The molecule has 0 saturated heterocycles. The third kappa shape index (κ3) is 4.24. The van der Waals surface area contributed by atoms with Crippen molar-refractivity contribution in [3.63, 3.8) is 0 Å². The minimum Gasteiger partial charge on any atom is -0.334 e. The van der Waals surface area contributed by atoms with E-state index in [2.05, 4.69) is 15.6 Å². The smallest absolute Gasteiger partial charge is 0.315 e. The normalized spacial score (nSPS) is 11.7. The minimum atomic E-state index is -0.233. The summed E-state index contributed by atoms with van der Waals surface area (Å²) in [5, 5.41) is 6.28. The molecule has 5 heteroatoms. The third-order valence-electron chi connectivity index (χ3n) is 2.82. The van der Waals surface area contributed by atoms with Crippen LogP contribution in [-0.2, 0) is 6.54 Å². The molecule has 4 nitrogen and oxygen atoms in total. The molecule has 0 aliphatic carbocycles. The molecule has 2 rings (SSSR count). The molecule has 0 bridgehead atoms. The number of urea groups is 1. The molecule has 104 valence electrons. The lowest BCUT2D eigenvalue weighted by Gasteiger charge is -2.14. The fraction of sp³-hybridized carbons (Fsp3) is 0.200. The standard InChI is InChI=1S/C15H16ClN3O/c1-11(14-7-2-3-8-17-14)19-15(20)18-10-12-5-4-6-13(16)9-12/h2-9,11H,10H2,1H3,(H2,18,19,20)/t11-/m0/s1. The number of carbonyl (C=O) groups excluding carboxylic acids is 1. The van der Waals surface area contributed by atoms with Gasteiger partial charge in [-0.15, -0.1) is 0 Å². The van der Waals surface area contributed by atoms with Crippen molar-refractivity contribution in [3.05, 3.63) is 64.9 Å². The molecule has 20 heavy (non-hydrogen) atoms. The van der Waals surface area contributed by atoms with Crippen LogP contribution in [0.25, 0.3) is 0 Å². The van der Waals surface area contributed by atoms with Gasteiger partial charge in [0, 0.05) is 17.8 Å². The maximum absolute atomic E-state index is 11.8. The highest BCUT2D eigenvalue weighted by Crippen LogP contribution is 2.10. The summed E-state index contributed by atoms with van der Waals surface area (Å²) in [6, 6.07) is 12.6. The number of rotatable bonds is 4. The Morgan fingerprint density at radius 1 is 1.30 bits per heavy atom. The van der Waals surface area contributed by atoms with Crippen molar-refractivity contribution < 1.29 is 4.79 Å². The Morgan fingerprint density at radius 3 is 2.85 bits per heavy atom. The van der Waals surface area contributed by atoms with Crippen LogP contribution in [0.3, 0.4) is 0 Å². The third-order valence-corrected chi connectivity index (χ3v) is 3.06. The molecule has 0 radical (unpaired) electrons. The molecular formula is C15H16ClN3O. The van der Waals surface area contributed by atoms with E-state index in [1.54, 1.807) is 12.3 Å². The molecule has 0 unspecified atom stereocenters. The zero-order chi connectivity index (χ0) is 14.4. The van der Waals surface area contributed by atoms with E-state index in [0.717, 1.165) is 11.3 Å². The maximum Gasteiger partial charge on any atom is 0.315 e. The summed E-state index contributed by atoms with van der Waals surface area (Å²) >= 11 is 5.89. The second-order valence-electron chi connectivity index (χ2n) is 4.43. The summed E-state index contributed by atoms with van der Waals surface area (Å²) in [5.41, 5.74) is 1.78. The maximum atomic E-state index is 11.8. The summed E-state index contributed by atoms with van der Waals surface area (Å²) in [7, 11) is 0. The number of halogens is 1. The van der Waals surface area contributed by atoms with E-state index >= 15 is 0 Å². The minimum absolute atomic E-state index is 0.143. The van der Waals surface area contributed by atoms with Gasteiger partial charge in [-0.2, -0.15) is 0 Å². The average molecular weight is 290 g/mol. The monoisotopic (exact) mass is 289 g/mol. The van der Waals surface area contributed by atoms with Crippen molar-refractivity contribution >= 4 is 17.6 Å². The molecule has 0 aliphatic heterocycles. The molecule has 0 spiro atoms. The number of amides is 2. The largest absolute Gasteiger partial charge is 0.334 e. The first kappa shape index (κ1) is 14.3. The van der Waals surface area contributed by atoms with E-state index < -0.39 is 0 Å². The van der Waals surface area contributed by atoms with Crippen LogP contribution in [0.4, 0.5) is 4.79 Å². The van der Waals surface area contributed by atoms with Gasteiger partial charge in [0.1, 0.15) is 0 Å². The first-order valence-corrected chi connectivity index (χ1v) is 6.72. The molecule has 0 fully saturated rings. The van der Waals surface area contributed by atoms with E-state index in [0.29, 0.717) is 11.6 Å². The Bertz CT molecular complexity index is 574. The van der Waals surface area contributed by atoms with Gasteiger partial charge in [0.05, 0.1) is 11.7 Å². The molecule has 2 N–H and O–H groups in total. The Hall–Kier alpha value is -2.07. The Balaban J connectivity index is 1.84. The van der Waals surface area contributed by atoms with Crippen LogP contribution in [0.5, 0.6) is 0 Å². The quantitative estimate of drug-likeness (QED) is 0.907. The van der Waals surface area contributed by atoms with Crippen LogP contribution < -0.4 is 10.6 Å². The first-order chi connectivity index (χ1) is 9.65. The van der Waals surface area contributed by atoms with Gasteiger partial charge < -0.3 is 10.6 Å². The second-order valence-corrected chi connectivity index (χ2v) is 4.87. The van der Waals surface area contributed by atoms with E-state index in [4.69, 9.17) is 11.6 Å². The van der Waals surface area contributed by atoms with Gasteiger partial charge in [0.25, 0.3) is 0 Å². The molecule has 0 aliphatic rings. The van der Waals surface area contributed by atoms with E-state index in [1.165, 1.54) is 0 Å². The van der Waals surface area contributed by atoms with Gasteiger partial charge in [-0.25, -0.2) is 4.79 Å². The lowest BCUT2D eigenvalue weighted by Crippen LogP contribution is -2.36. The summed E-state index contributed by atoms with van der Waals surface area (Å²) in [6.45, 7) is 2.32. The number of pyridine rings is 1. The summed E-state index contributed by atoms with van der Waals surface area (Å²) in [4.78, 5) is 16.0. The average Bonchev–Trinajstić information content (AvgIpc) is 2.46. The zero-order valence-corrected chi connectivity index (χ0v) is 11.9. The van der Waals surface area contributed by atoms with Crippen molar-refractivity contribution in [2.75, 3.05) is 0 Å². The predicted octanol–water partition coefficient (Wildman–Crippen LogP) is 3.30. The highest BCUT2D eigenvalue weighted by molar-refractivity contribution is 6.30. The number of carbonyl (C=O) groups is 1. The van der Waals surface area contributed by atoms with Gasteiger partial charge in [-0.3, -0.25) is 4.98 Å². The Labute approximate surface area is 123 Å². The number of aromatic nitrogens is 1. The van der Waals surface area contributed by atoms with Crippen molar-refractivity contribution in [3.8, 4) is 0 Å². The van der Waals surface area contributed by atoms with Crippen molar-refractivity contribution in [2.24, 2.45) is 0 Å². The fourth-order valence-corrected chi connectivity index (χ4v) is 2.00. The Kier molecular flexibility index (Phi) is 4.96. The summed E-state index contributed by atoms with van der Waals surface area (Å²) < 4.78 is 0. The van der Waals surface area contributed by atoms with Crippen LogP contribution in [-0.4, -0.2) is 11.0 Å². The molecule has 2 amide bonds. The van der Waals surface area contributed by atoms with Crippen molar-refractivity contribution in [2.45, 2.75) is 19.5 Å². The van der Waals surface area contributed by atoms with Gasteiger partial charge in [-0.1, -0.05) is 29.8 Å². The van der Waals surface area contributed by atoms with Crippen LogP contribution in [0, 0.1) is 0 Å². The zero-order valence-electron chi connectivity index (χ0n) is 11.1. The van der Waals surface area contributed by atoms with E-state index in [1.807, 2.05) is 43.3 Å². The summed E-state index contributed by atoms with van der Waals surface area (Å²) in [5.74, 6) is 0. The van der Waals surface area contributed by atoms with Crippen molar-refractivity contribution in [1.29, 1.82) is 0 Å². The summed E-state index contributed by atoms with van der Waals surface area (Å²) in [6.07, 6.45) is 1.71. The molecule has 1 aromatic heterocycles. The fourth-order valence-electron chi connectivity index (χ4n) is 1.78. The van der Waals surface area contributed by atoms with Gasteiger partial charge in [-0.05, 0) is 36.8 Å². The predicted molar refractivity (Wildman–Crippen MR) is 79.5 cm³/mol. The number of benzene rings is 1. The molecule has 1 aromatic carbocycles. The number of hydrogen-bond donors (Lipinski definition) is 2. The number of hydrogen-bond acceptors (Lipinski definition) is 2. The molecular weight excluding hydrogens is 274 g/mol. The molecule has 1 atom stereocenters. The van der Waals surface area contributed by atoms with Gasteiger partial charge in [0.15, 0.2) is 0 Å². The SMILES string of the molecule is C[C@H](NC(=O)NCc1cccc(Cl)c1)c1ccccn1. The first-order valence-electron chi connectivity index (χ1n) is 6.35. The number of nitrogens with one attached hydrogen (secondary N) is 2. The highest BCUT2D eigenvalue weighted by Gasteiger charge is 2.09. The van der Waals surface area contributed by atoms with Crippen LogP contribution in [0.2, 0.25) is 5.02 Å². The van der Waals surface area contributed by atoms with Crippen LogP contribution in [0.15, 0.2) is 48.7 Å². The molecule has 2 aromatic rings. The van der Waals surface area contributed by atoms with Crippen LogP contribution >= 0.6 is 11.6 Å². The Morgan fingerprint density at radius 2 is 2.15 bits per heavy atom. The van der Waals surface area contributed by atoms with E-state index in [9.17, 15) is 4.79 Å². The van der Waals surface area contributed by atoms with Crippen LogP contribution in [0.1, 0.15) is 24.2 Å². The van der Waals surface area contributed by atoms with E-state index in [-0.39, 0.29) is 12.1 Å². The van der Waals surface area contributed by atoms with Gasteiger partial charge in [0.2, 0.25) is 0 Å². The second kappa shape index (κ2) is 6.91. The lowest BCUT2D eigenvalue weighted by atomic mass is 10.2. The topological polar surface area (TPSA) is 54.0 Å².